The lowest BCUT2D eigenvalue weighted by Crippen LogP contribution is -2.35. The van der Waals surface area contributed by atoms with Gasteiger partial charge in [-0.3, -0.25) is 0 Å². The van der Waals surface area contributed by atoms with E-state index in [1.54, 1.807) is 0 Å². The molecule has 4 heteroatoms. The molecule has 1 aliphatic rings. The Morgan fingerprint density at radius 1 is 1.40 bits per heavy atom. The molecule has 3 atom stereocenters. The molecule has 1 rings (SSSR count). The van der Waals surface area contributed by atoms with Gasteiger partial charge in [0.1, 0.15) is 0 Å². The Kier molecular flexibility index (Phi) is 4.59. The minimum Gasteiger partial charge on any atom is -0.314 e. The van der Waals surface area contributed by atoms with Crippen molar-refractivity contribution in [3.8, 4) is 0 Å². The average molecular weight is 233 g/mol. The molecule has 3 unspecified atom stereocenters. The zero-order valence-electron chi connectivity index (χ0n) is 9.99. The van der Waals surface area contributed by atoms with Crippen molar-refractivity contribution in [3.05, 3.63) is 0 Å². The van der Waals surface area contributed by atoms with Crippen LogP contribution in [0, 0.1) is 11.8 Å². The number of nitrogens with one attached hydrogen (secondary N) is 1. The van der Waals surface area contributed by atoms with E-state index in [1.807, 2.05) is 0 Å². The van der Waals surface area contributed by atoms with Crippen molar-refractivity contribution < 1.29 is 8.42 Å². The lowest BCUT2D eigenvalue weighted by molar-refractivity contribution is 0.367. The summed E-state index contributed by atoms with van der Waals surface area (Å²) in [6.07, 6.45) is 2.00. The van der Waals surface area contributed by atoms with E-state index >= 15 is 0 Å². The Hall–Kier alpha value is -0.0900. The zero-order valence-corrected chi connectivity index (χ0v) is 10.8. The molecule has 1 aliphatic heterocycles. The molecule has 15 heavy (non-hydrogen) atoms. The molecule has 0 aromatic rings. The van der Waals surface area contributed by atoms with Crippen molar-refractivity contribution in [2.45, 2.75) is 39.7 Å². The molecule has 0 saturated carbocycles. The van der Waals surface area contributed by atoms with Gasteiger partial charge in [0, 0.05) is 6.04 Å². The second-order valence-electron chi connectivity index (χ2n) is 4.85. The van der Waals surface area contributed by atoms with E-state index in [0.717, 1.165) is 19.4 Å². The fraction of sp³-hybridized carbons (Fsp3) is 1.00. The highest BCUT2D eigenvalue weighted by atomic mass is 32.2. The molecule has 0 aliphatic carbocycles. The van der Waals surface area contributed by atoms with Gasteiger partial charge in [-0.1, -0.05) is 20.3 Å². The molecule has 0 radical (unpaired) electrons. The highest BCUT2D eigenvalue weighted by Crippen LogP contribution is 2.18. The maximum atomic E-state index is 11.2. The van der Waals surface area contributed by atoms with Gasteiger partial charge < -0.3 is 5.32 Å². The summed E-state index contributed by atoms with van der Waals surface area (Å²) in [5, 5.41) is 3.45. The van der Waals surface area contributed by atoms with Gasteiger partial charge in [0.15, 0.2) is 9.84 Å². The summed E-state index contributed by atoms with van der Waals surface area (Å²) in [5.74, 6) is 1.76. The van der Waals surface area contributed by atoms with Crippen LogP contribution in [-0.2, 0) is 9.84 Å². The Balaban J connectivity index is 2.27. The molecular formula is C11H23NO2S. The molecule has 0 bridgehead atoms. The van der Waals surface area contributed by atoms with Crippen LogP contribution in [0.15, 0.2) is 0 Å². The van der Waals surface area contributed by atoms with Gasteiger partial charge in [0.05, 0.1) is 11.5 Å². The van der Waals surface area contributed by atoms with Crippen molar-refractivity contribution in [3.63, 3.8) is 0 Å². The van der Waals surface area contributed by atoms with Gasteiger partial charge in [-0.2, -0.15) is 0 Å². The SMILES string of the molecule is CCC(C)C(C)NCC1CCS(=O)(=O)C1. The molecule has 1 fully saturated rings. The Morgan fingerprint density at radius 2 is 2.07 bits per heavy atom. The second-order valence-corrected chi connectivity index (χ2v) is 7.08. The summed E-state index contributed by atoms with van der Waals surface area (Å²) < 4.78 is 22.5. The quantitative estimate of drug-likeness (QED) is 0.781. The van der Waals surface area contributed by atoms with Gasteiger partial charge in [-0.05, 0) is 31.7 Å². The van der Waals surface area contributed by atoms with Crippen molar-refractivity contribution in [1.82, 2.24) is 5.32 Å². The van der Waals surface area contributed by atoms with E-state index in [1.165, 1.54) is 0 Å². The van der Waals surface area contributed by atoms with Gasteiger partial charge in [-0.15, -0.1) is 0 Å². The van der Waals surface area contributed by atoms with Crippen LogP contribution in [0.4, 0.5) is 0 Å². The van der Waals surface area contributed by atoms with E-state index in [4.69, 9.17) is 0 Å². The van der Waals surface area contributed by atoms with Gasteiger partial charge >= 0.3 is 0 Å². The first-order chi connectivity index (χ1) is 6.94. The molecule has 0 amide bonds. The standard InChI is InChI=1S/C11H23NO2S/c1-4-9(2)10(3)12-7-11-5-6-15(13,14)8-11/h9-12H,4-8H2,1-3H3. The van der Waals surface area contributed by atoms with Crippen LogP contribution in [0.3, 0.4) is 0 Å². The van der Waals surface area contributed by atoms with Gasteiger partial charge in [0.2, 0.25) is 0 Å². The number of rotatable bonds is 5. The van der Waals surface area contributed by atoms with E-state index in [9.17, 15) is 8.42 Å². The van der Waals surface area contributed by atoms with Gasteiger partial charge in [0.25, 0.3) is 0 Å². The smallest absolute Gasteiger partial charge is 0.150 e. The number of hydrogen-bond acceptors (Lipinski definition) is 3. The molecule has 1 heterocycles. The highest BCUT2D eigenvalue weighted by Gasteiger charge is 2.27. The van der Waals surface area contributed by atoms with E-state index < -0.39 is 9.84 Å². The van der Waals surface area contributed by atoms with Crippen molar-refractivity contribution in [2.75, 3.05) is 18.1 Å². The lowest BCUT2D eigenvalue weighted by atomic mass is 10.00. The van der Waals surface area contributed by atoms with E-state index in [2.05, 4.69) is 26.1 Å². The Labute approximate surface area is 93.6 Å². The van der Waals surface area contributed by atoms with Crippen molar-refractivity contribution in [2.24, 2.45) is 11.8 Å². The van der Waals surface area contributed by atoms with Crippen LogP contribution in [0.25, 0.3) is 0 Å². The van der Waals surface area contributed by atoms with Crippen molar-refractivity contribution >= 4 is 9.84 Å². The van der Waals surface area contributed by atoms with E-state index in [0.29, 0.717) is 29.4 Å². The third kappa shape index (κ3) is 4.11. The minimum atomic E-state index is -2.71. The first-order valence-corrected chi connectivity index (χ1v) is 7.70. The summed E-state index contributed by atoms with van der Waals surface area (Å²) in [7, 11) is -2.71. The summed E-state index contributed by atoms with van der Waals surface area (Å²) in [6.45, 7) is 7.44. The largest absolute Gasteiger partial charge is 0.314 e. The first kappa shape index (κ1) is 13.0. The molecule has 0 aromatic carbocycles. The molecule has 1 N–H and O–H groups in total. The van der Waals surface area contributed by atoms with Gasteiger partial charge in [-0.25, -0.2) is 8.42 Å². The summed E-state index contributed by atoms with van der Waals surface area (Å²) in [5.41, 5.74) is 0. The highest BCUT2D eigenvalue weighted by molar-refractivity contribution is 7.91. The van der Waals surface area contributed by atoms with Crippen LogP contribution in [0.1, 0.15) is 33.6 Å². The summed E-state index contributed by atoms with van der Waals surface area (Å²) in [6, 6.07) is 0.485. The first-order valence-electron chi connectivity index (χ1n) is 5.88. The number of sulfone groups is 1. The monoisotopic (exact) mass is 233 g/mol. The topological polar surface area (TPSA) is 46.2 Å². The van der Waals surface area contributed by atoms with Crippen LogP contribution in [0.5, 0.6) is 0 Å². The summed E-state index contributed by atoms with van der Waals surface area (Å²) in [4.78, 5) is 0. The molecule has 1 saturated heterocycles. The third-order valence-electron chi connectivity index (χ3n) is 3.55. The fourth-order valence-electron chi connectivity index (χ4n) is 1.94. The Morgan fingerprint density at radius 3 is 2.53 bits per heavy atom. The molecule has 90 valence electrons. The molecular weight excluding hydrogens is 210 g/mol. The maximum Gasteiger partial charge on any atom is 0.150 e. The fourth-order valence-corrected chi connectivity index (χ4v) is 3.80. The van der Waals surface area contributed by atoms with Crippen molar-refractivity contribution in [1.29, 1.82) is 0 Å². The Bertz CT molecular complexity index is 287. The normalized spacial score (nSPS) is 28.9. The lowest BCUT2D eigenvalue weighted by Gasteiger charge is -2.21. The van der Waals surface area contributed by atoms with Crippen LogP contribution in [-0.4, -0.2) is 32.5 Å². The zero-order chi connectivity index (χ0) is 11.5. The molecule has 0 spiro atoms. The van der Waals surface area contributed by atoms with Crippen LogP contribution >= 0.6 is 0 Å². The van der Waals surface area contributed by atoms with Crippen LogP contribution < -0.4 is 5.32 Å². The maximum absolute atomic E-state index is 11.2. The average Bonchev–Trinajstić information content (AvgIpc) is 2.53. The summed E-state index contributed by atoms with van der Waals surface area (Å²) >= 11 is 0. The number of hydrogen-bond donors (Lipinski definition) is 1. The third-order valence-corrected chi connectivity index (χ3v) is 5.39. The van der Waals surface area contributed by atoms with Crippen LogP contribution in [0.2, 0.25) is 0 Å². The molecule has 3 nitrogen and oxygen atoms in total. The van der Waals surface area contributed by atoms with E-state index in [-0.39, 0.29) is 0 Å². The minimum absolute atomic E-state index is 0.335. The molecule has 0 aromatic heterocycles. The predicted octanol–water partition coefficient (Wildman–Crippen LogP) is 1.45. The second kappa shape index (κ2) is 5.30. The predicted molar refractivity (Wildman–Crippen MR) is 63.7 cm³/mol.